The van der Waals surface area contributed by atoms with Crippen LogP contribution in [0.3, 0.4) is 0 Å². The molecule has 37 heavy (non-hydrogen) atoms. The number of aromatic nitrogens is 1. The molecule has 1 aliphatic rings. The maximum atomic E-state index is 13.0. The van der Waals surface area contributed by atoms with E-state index in [2.05, 4.69) is 4.74 Å². The van der Waals surface area contributed by atoms with Gasteiger partial charge in [-0.2, -0.15) is 4.31 Å². The Balaban J connectivity index is 1.44. The summed E-state index contributed by atoms with van der Waals surface area (Å²) in [5.74, 6) is 0.999. The molecule has 1 fully saturated rings. The second-order valence-corrected chi connectivity index (χ2v) is 10.6. The van der Waals surface area contributed by atoms with Crippen LogP contribution in [0.1, 0.15) is 0 Å². The molecule has 4 rings (SSSR count). The van der Waals surface area contributed by atoms with Gasteiger partial charge in [-0.05, 0) is 36.4 Å². The van der Waals surface area contributed by atoms with Gasteiger partial charge in [-0.3, -0.25) is 0 Å². The van der Waals surface area contributed by atoms with E-state index < -0.39 is 22.1 Å². The van der Waals surface area contributed by atoms with Crippen molar-refractivity contribution < 1.29 is 40.5 Å². The number of nitrogens with zero attached hydrogens (tertiary/aromatic N) is 3. The third kappa shape index (κ3) is 5.86. The summed E-state index contributed by atoms with van der Waals surface area (Å²) in [4.78, 5) is 6.60. The molecule has 1 aliphatic heterocycles. The van der Waals surface area contributed by atoms with Gasteiger partial charge in [-0.1, -0.05) is 0 Å². The van der Waals surface area contributed by atoms with E-state index in [1.807, 2.05) is 10.3 Å². The summed E-state index contributed by atoms with van der Waals surface area (Å²) in [5.41, 5.74) is 1.48. The summed E-state index contributed by atoms with van der Waals surface area (Å²) >= 11 is 1.43. The Labute approximate surface area is 216 Å². The van der Waals surface area contributed by atoms with Crippen molar-refractivity contribution in [1.29, 1.82) is 0 Å². The number of hydrogen-bond donors (Lipinski definition) is 0. The molecule has 1 aromatic heterocycles. The van der Waals surface area contributed by atoms with Crippen LogP contribution >= 0.6 is 11.3 Å². The second kappa shape index (κ2) is 10.6. The highest BCUT2D eigenvalue weighted by Gasteiger charge is 2.32. The zero-order chi connectivity index (χ0) is 26.8. The summed E-state index contributed by atoms with van der Waals surface area (Å²) in [6.45, 7) is 1.19. The number of sulfonamides is 1. The average Bonchev–Trinajstić information content (AvgIpc) is 3.37. The van der Waals surface area contributed by atoms with Crippen molar-refractivity contribution in [2.75, 3.05) is 52.4 Å². The van der Waals surface area contributed by atoms with Crippen molar-refractivity contribution in [2.45, 2.75) is 11.3 Å². The maximum Gasteiger partial charge on any atom is 0.573 e. The molecule has 0 radical (unpaired) electrons. The first kappa shape index (κ1) is 26.8. The third-order valence-electron chi connectivity index (χ3n) is 5.66. The highest BCUT2D eigenvalue weighted by Crippen LogP contribution is 2.42. The van der Waals surface area contributed by atoms with Gasteiger partial charge in [0.15, 0.2) is 16.6 Å². The SMILES string of the molecule is COc1cc(-c2csc(N3CCN(S(=O)(=O)c4ccc(OC(F)(F)F)cc4)CC3)n2)cc(OC)c1OC. The van der Waals surface area contributed by atoms with Gasteiger partial charge in [0.2, 0.25) is 15.8 Å². The van der Waals surface area contributed by atoms with Crippen LogP contribution in [0.25, 0.3) is 11.3 Å². The van der Waals surface area contributed by atoms with E-state index in [1.165, 1.54) is 37.0 Å². The lowest BCUT2D eigenvalue weighted by Crippen LogP contribution is -2.48. The zero-order valence-corrected chi connectivity index (χ0v) is 21.7. The molecule has 14 heteroatoms. The van der Waals surface area contributed by atoms with E-state index in [1.54, 1.807) is 12.1 Å². The first-order chi connectivity index (χ1) is 17.6. The molecule has 0 N–H and O–H groups in total. The highest BCUT2D eigenvalue weighted by atomic mass is 32.2. The predicted octanol–water partition coefficient (Wildman–Crippen LogP) is 4.25. The minimum Gasteiger partial charge on any atom is -0.493 e. The smallest absolute Gasteiger partial charge is 0.493 e. The summed E-state index contributed by atoms with van der Waals surface area (Å²) < 4.78 is 84.4. The number of piperazine rings is 1. The van der Waals surface area contributed by atoms with Gasteiger partial charge in [0.25, 0.3) is 0 Å². The van der Waals surface area contributed by atoms with Crippen molar-refractivity contribution in [3.63, 3.8) is 0 Å². The van der Waals surface area contributed by atoms with Crippen molar-refractivity contribution in [2.24, 2.45) is 0 Å². The van der Waals surface area contributed by atoms with Crippen LogP contribution in [0, 0.1) is 0 Å². The normalized spacial score (nSPS) is 14.9. The van der Waals surface area contributed by atoms with Crippen molar-refractivity contribution in [3.8, 4) is 34.3 Å². The monoisotopic (exact) mass is 559 g/mol. The van der Waals surface area contributed by atoms with Crippen LogP contribution in [-0.4, -0.2) is 71.6 Å². The second-order valence-electron chi connectivity index (χ2n) is 7.84. The van der Waals surface area contributed by atoms with Gasteiger partial charge in [-0.15, -0.1) is 24.5 Å². The first-order valence-corrected chi connectivity index (χ1v) is 13.2. The molecule has 9 nitrogen and oxygen atoms in total. The van der Waals surface area contributed by atoms with Crippen LogP contribution in [0.2, 0.25) is 0 Å². The molecular formula is C23H24F3N3O6S2. The molecule has 0 unspecified atom stereocenters. The fraction of sp³-hybridized carbons (Fsp3) is 0.348. The Hall–Kier alpha value is -3.23. The lowest BCUT2D eigenvalue weighted by atomic mass is 10.1. The Morgan fingerprint density at radius 3 is 2.03 bits per heavy atom. The van der Waals surface area contributed by atoms with Gasteiger partial charge >= 0.3 is 6.36 Å². The lowest BCUT2D eigenvalue weighted by Gasteiger charge is -2.33. The van der Waals surface area contributed by atoms with Gasteiger partial charge in [0.05, 0.1) is 31.9 Å². The zero-order valence-electron chi connectivity index (χ0n) is 20.1. The number of ether oxygens (including phenoxy) is 4. The molecule has 0 aliphatic carbocycles. The number of methoxy groups -OCH3 is 3. The topological polar surface area (TPSA) is 90.4 Å². The molecule has 1 saturated heterocycles. The molecule has 0 atom stereocenters. The van der Waals surface area contributed by atoms with Crippen LogP contribution in [0.4, 0.5) is 18.3 Å². The molecule has 3 aromatic rings. The van der Waals surface area contributed by atoms with E-state index in [-0.39, 0.29) is 18.0 Å². The molecule has 0 saturated carbocycles. The van der Waals surface area contributed by atoms with E-state index in [4.69, 9.17) is 19.2 Å². The minimum absolute atomic E-state index is 0.102. The van der Waals surface area contributed by atoms with E-state index in [0.717, 1.165) is 35.0 Å². The standard InChI is InChI=1S/C23H24F3N3O6S2/c1-32-19-12-15(13-20(33-2)21(19)34-3)18-14-36-22(27-18)28-8-10-29(11-9-28)37(30,31)17-6-4-16(5-7-17)35-23(24,25)26/h4-7,12-14H,8-11H2,1-3H3. The van der Waals surface area contributed by atoms with E-state index >= 15 is 0 Å². The molecule has 2 heterocycles. The Morgan fingerprint density at radius 1 is 0.919 bits per heavy atom. The van der Waals surface area contributed by atoms with Crippen LogP contribution in [0.5, 0.6) is 23.0 Å². The predicted molar refractivity (Wildman–Crippen MR) is 131 cm³/mol. The van der Waals surface area contributed by atoms with Crippen LogP contribution < -0.4 is 23.8 Å². The van der Waals surface area contributed by atoms with Crippen LogP contribution in [-0.2, 0) is 10.0 Å². The molecule has 200 valence electrons. The summed E-state index contributed by atoms with van der Waals surface area (Å²) in [5, 5.41) is 2.62. The molecule has 0 amide bonds. The van der Waals surface area contributed by atoms with Crippen molar-refractivity contribution >= 4 is 26.5 Å². The Kier molecular flexibility index (Phi) is 7.71. The molecular weight excluding hydrogens is 535 g/mol. The van der Waals surface area contributed by atoms with E-state index in [9.17, 15) is 21.6 Å². The fourth-order valence-corrected chi connectivity index (χ4v) is 6.16. The van der Waals surface area contributed by atoms with Crippen LogP contribution in [0.15, 0.2) is 46.7 Å². The Bertz CT molecular complexity index is 1310. The average molecular weight is 560 g/mol. The summed E-state index contributed by atoms with van der Waals surface area (Å²) in [6, 6.07) is 7.78. The number of alkyl halides is 3. The number of thiazole rings is 1. The van der Waals surface area contributed by atoms with Gasteiger partial charge in [0, 0.05) is 37.1 Å². The van der Waals surface area contributed by atoms with E-state index in [0.29, 0.717) is 36.0 Å². The third-order valence-corrected chi connectivity index (χ3v) is 8.47. The summed E-state index contributed by atoms with van der Waals surface area (Å²) in [6.07, 6.45) is -4.85. The lowest BCUT2D eigenvalue weighted by molar-refractivity contribution is -0.274. The molecule has 0 bridgehead atoms. The number of benzene rings is 2. The number of hydrogen-bond acceptors (Lipinski definition) is 9. The van der Waals surface area contributed by atoms with Gasteiger partial charge < -0.3 is 23.8 Å². The largest absolute Gasteiger partial charge is 0.573 e. The minimum atomic E-state index is -4.85. The first-order valence-electron chi connectivity index (χ1n) is 10.9. The van der Waals surface area contributed by atoms with Gasteiger partial charge in [0.1, 0.15) is 5.75 Å². The van der Waals surface area contributed by atoms with Crippen molar-refractivity contribution in [1.82, 2.24) is 9.29 Å². The summed E-state index contributed by atoms with van der Waals surface area (Å²) in [7, 11) is 0.718. The van der Waals surface area contributed by atoms with Gasteiger partial charge in [-0.25, -0.2) is 13.4 Å². The molecule has 2 aromatic carbocycles. The number of anilines is 1. The maximum absolute atomic E-state index is 13.0. The highest BCUT2D eigenvalue weighted by molar-refractivity contribution is 7.89. The quantitative estimate of drug-likeness (QED) is 0.405. The molecule has 0 spiro atoms. The number of rotatable bonds is 8. The number of halogens is 3. The fourth-order valence-electron chi connectivity index (χ4n) is 3.85. The van der Waals surface area contributed by atoms with Crippen molar-refractivity contribution in [3.05, 3.63) is 41.8 Å². The Morgan fingerprint density at radius 2 is 1.51 bits per heavy atom.